The van der Waals surface area contributed by atoms with Crippen LogP contribution in [0.3, 0.4) is 0 Å². The van der Waals surface area contributed by atoms with Crippen molar-refractivity contribution in [3.8, 4) is 0 Å². The van der Waals surface area contributed by atoms with Crippen molar-refractivity contribution in [1.82, 2.24) is 5.32 Å². The van der Waals surface area contributed by atoms with E-state index < -0.39 is 22.7 Å². The van der Waals surface area contributed by atoms with E-state index in [9.17, 15) is 19.7 Å². The van der Waals surface area contributed by atoms with E-state index in [1.165, 1.54) is 30.3 Å². The normalized spacial score (nSPS) is 17.0. The average Bonchev–Trinajstić information content (AvgIpc) is 3.15. The van der Waals surface area contributed by atoms with Gasteiger partial charge < -0.3 is 14.8 Å². The molecule has 0 atom stereocenters. The molecule has 1 aromatic heterocycles. The van der Waals surface area contributed by atoms with Gasteiger partial charge in [0.25, 0.3) is 5.91 Å². The average molecular weight is 359 g/mol. The Morgan fingerprint density at radius 1 is 1.36 bits per heavy atom. The van der Waals surface area contributed by atoms with Crippen molar-refractivity contribution in [3.05, 3.63) is 62.7 Å². The molecule has 0 radical (unpaired) electrons. The highest BCUT2D eigenvalue weighted by atomic mass is 32.2. The molecule has 1 amide bonds. The van der Waals surface area contributed by atoms with Gasteiger partial charge in [-0.15, -0.1) is 0 Å². The number of rotatable bonds is 4. The van der Waals surface area contributed by atoms with Crippen LogP contribution in [0.4, 0.5) is 11.6 Å². The minimum atomic E-state index is -1.08. The quantitative estimate of drug-likeness (QED) is 0.487. The van der Waals surface area contributed by atoms with Gasteiger partial charge in [0.1, 0.15) is 10.7 Å². The Labute approximate surface area is 144 Å². The van der Waals surface area contributed by atoms with E-state index in [0.717, 1.165) is 11.8 Å². The molecule has 0 spiro atoms. The molecule has 0 aliphatic carbocycles. The van der Waals surface area contributed by atoms with Crippen LogP contribution in [0.5, 0.6) is 0 Å². The van der Waals surface area contributed by atoms with Crippen LogP contribution in [0.1, 0.15) is 16.1 Å². The van der Waals surface area contributed by atoms with Gasteiger partial charge in [0.15, 0.2) is 5.17 Å². The van der Waals surface area contributed by atoms with E-state index >= 15 is 0 Å². The van der Waals surface area contributed by atoms with Crippen LogP contribution in [0, 0.1) is 10.1 Å². The van der Waals surface area contributed by atoms with Crippen LogP contribution in [0.2, 0.25) is 0 Å². The van der Waals surface area contributed by atoms with E-state index in [1.807, 2.05) is 0 Å². The second-order valence-corrected chi connectivity index (χ2v) is 5.80. The van der Waals surface area contributed by atoms with Crippen molar-refractivity contribution in [3.63, 3.8) is 0 Å². The largest absolute Gasteiger partial charge is 0.478 e. The third-order valence-corrected chi connectivity index (χ3v) is 3.95. The van der Waals surface area contributed by atoms with Crippen LogP contribution >= 0.6 is 11.8 Å². The van der Waals surface area contributed by atoms with Crippen LogP contribution in [0.25, 0.3) is 6.08 Å². The van der Waals surface area contributed by atoms with E-state index in [1.54, 1.807) is 12.1 Å². The zero-order valence-electron chi connectivity index (χ0n) is 12.3. The van der Waals surface area contributed by atoms with Crippen molar-refractivity contribution >= 4 is 46.5 Å². The molecular formula is C15H9N3O6S. The van der Waals surface area contributed by atoms with Crippen molar-refractivity contribution in [2.45, 2.75) is 0 Å². The zero-order chi connectivity index (χ0) is 18.0. The summed E-state index contributed by atoms with van der Waals surface area (Å²) in [5.74, 6) is -1.77. The molecule has 0 saturated carbocycles. The number of furan rings is 1. The lowest BCUT2D eigenvalue weighted by molar-refractivity contribution is -0.402. The molecule has 2 heterocycles. The summed E-state index contributed by atoms with van der Waals surface area (Å²) in [6.07, 6.45) is 1.36. The summed E-state index contributed by atoms with van der Waals surface area (Å²) in [5.41, 5.74) is 0.451. The maximum Gasteiger partial charge on any atom is 0.433 e. The van der Waals surface area contributed by atoms with Gasteiger partial charge in [0, 0.05) is 6.08 Å². The van der Waals surface area contributed by atoms with Crippen molar-refractivity contribution in [2.24, 2.45) is 4.99 Å². The lowest BCUT2D eigenvalue weighted by Crippen LogP contribution is -2.19. The monoisotopic (exact) mass is 359 g/mol. The summed E-state index contributed by atoms with van der Waals surface area (Å²) >= 11 is 1.01. The number of carboxylic acids is 1. The SMILES string of the molecule is O=C1NC(=Nc2cccc(C(=O)O)c2)SC1=Cc1ccc([N+](=O)[O-])o1. The number of amidine groups is 1. The molecule has 10 heteroatoms. The molecule has 1 aliphatic heterocycles. The first-order valence-electron chi connectivity index (χ1n) is 6.79. The minimum Gasteiger partial charge on any atom is -0.478 e. The maximum absolute atomic E-state index is 11.9. The number of nitrogens with zero attached hydrogens (tertiary/aromatic N) is 2. The van der Waals surface area contributed by atoms with E-state index in [4.69, 9.17) is 9.52 Å². The molecule has 2 N–H and O–H groups in total. The molecule has 2 aromatic rings. The van der Waals surface area contributed by atoms with Crippen LogP contribution in [-0.4, -0.2) is 27.1 Å². The summed E-state index contributed by atoms with van der Waals surface area (Å²) in [6, 6.07) is 8.52. The summed E-state index contributed by atoms with van der Waals surface area (Å²) in [4.78, 5) is 37.2. The predicted octanol–water partition coefficient (Wildman–Crippen LogP) is 2.78. The number of aromatic carboxylic acids is 1. The summed E-state index contributed by atoms with van der Waals surface area (Å²) in [7, 11) is 0. The van der Waals surface area contributed by atoms with Crippen molar-refractivity contribution in [2.75, 3.05) is 0 Å². The second-order valence-electron chi connectivity index (χ2n) is 4.77. The highest BCUT2D eigenvalue weighted by molar-refractivity contribution is 8.18. The molecule has 3 rings (SSSR count). The number of carboxylic acid groups (broad SMARTS) is 1. The van der Waals surface area contributed by atoms with E-state index in [-0.39, 0.29) is 21.4 Å². The molecule has 1 aliphatic rings. The Hall–Kier alpha value is -3.40. The topological polar surface area (TPSA) is 135 Å². The number of thioether (sulfide) groups is 1. The third-order valence-electron chi connectivity index (χ3n) is 3.04. The smallest absolute Gasteiger partial charge is 0.433 e. The van der Waals surface area contributed by atoms with Crippen molar-refractivity contribution in [1.29, 1.82) is 0 Å². The van der Waals surface area contributed by atoms with Crippen LogP contribution < -0.4 is 5.32 Å². The number of benzene rings is 1. The highest BCUT2D eigenvalue weighted by Gasteiger charge is 2.25. The number of nitrogens with one attached hydrogen (secondary N) is 1. The summed E-state index contributed by atoms with van der Waals surface area (Å²) < 4.78 is 4.98. The van der Waals surface area contributed by atoms with E-state index in [0.29, 0.717) is 5.69 Å². The first-order chi connectivity index (χ1) is 11.9. The molecule has 1 aromatic carbocycles. The molecular weight excluding hydrogens is 350 g/mol. The Balaban J connectivity index is 1.82. The second kappa shape index (κ2) is 6.61. The maximum atomic E-state index is 11.9. The first-order valence-corrected chi connectivity index (χ1v) is 7.61. The lowest BCUT2D eigenvalue weighted by Gasteiger charge is -1.98. The zero-order valence-corrected chi connectivity index (χ0v) is 13.1. The predicted molar refractivity (Wildman–Crippen MR) is 89.6 cm³/mol. The number of aliphatic imine (C=N–C) groups is 1. The molecule has 1 fully saturated rings. The van der Waals surface area contributed by atoms with Gasteiger partial charge in [0.2, 0.25) is 0 Å². The Morgan fingerprint density at radius 2 is 2.16 bits per heavy atom. The Bertz CT molecular complexity index is 946. The fraction of sp³-hybridized carbons (Fsp3) is 0. The molecule has 0 unspecified atom stereocenters. The lowest BCUT2D eigenvalue weighted by atomic mass is 10.2. The number of hydrogen-bond acceptors (Lipinski definition) is 7. The van der Waals surface area contributed by atoms with Crippen molar-refractivity contribution < 1.29 is 24.0 Å². The molecule has 126 valence electrons. The molecule has 9 nitrogen and oxygen atoms in total. The van der Waals surface area contributed by atoms with Gasteiger partial charge >= 0.3 is 11.9 Å². The van der Waals surface area contributed by atoms with Crippen LogP contribution in [0.15, 0.2) is 50.7 Å². The fourth-order valence-corrected chi connectivity index (χ4v) is 2.78. The van der Waals surface area contributed by atoms with Crippen LogP contribution in [-0.2, 0) is 4.79 Å². The highest BCUT2D eigenvalue weighted by Crippen LogP contribution is 2.29. The number of hydrogen-bond donors (Lipinski definition) is 2. The van der Waals surface area contributed by atoms with Gasteiger partial charge in [-0.25, -0.2) is 9.79 Å². The summed E-state index contributed by atoms with van der Waals surface area (Å²) in [5, 5.41) is 22.4. The van der Waals surface area contributed by atoms with Gasteiger partial charge in [-0.2, -0.15) is 0 Å². The number of carbonyl (C=O) groups is 2. The minimum absolute atomic E-state index is 0.0786. The third kappa shape index (κ3) is 3.75. The molecule has 1 saturated heterocycles. The van der Waals surface area contributed by atoms with Gasteiger partial charge in [-0.3, -0.25) is 14.9 Å². The Kier molecular flexibility index (Phi) is 4.35. The van der Waals surface area contributed by atoms with Gasteiger partial charge in [0.05, 0.1) is 22.2 Å². The van der Waals surface area contributed by atoms with Gasteiger partial charge in [-0.05, 0) is 36.0 Å². The fourth-order valence-electron chi connectivity index (χ4n) is 1.95. The summed E-state index contributed by atoms with van der Waals surface area (Å²) in [6.45, 7) is 0. The van der Waals surface area contributed by atoms with E-state index in [2.05, 4.69) is 10.3 Å². The number of nitro groups is 1. The molecule has 0 bridgehead atoms. The molecule has 25 heavy (non-hydrogen) atoms. The standard InChI is InChI=1S/C15H9N3O6S/c19-13-11(7-10-4-5-12(24-10)18(22)23)25-15(17-13)16-9-3-1-2-8(6-9)14(20)21/h1-7H,(H,20,21)(H,16,17,19). The number of amides is 1. The van der Waals surface area contributed by atoms with Gasteiger partial charge in [-0.1, -0.05) is 6.07 Å². The Morgan fingerprint density at radius 3 is 2.84 bits per heavy atom. The first kappa shape index (κ1) is 16.5. The number of carbonyl (C=O) groups excluding carboxylic acids is 1.